The number of benzene rings is 2. The fourth-order valence-electron chi connectivity index (χ4n) is 4.76. The van der Waals surface area contributed by atoms with Crippen molar-refractivity contribution in [1.82, 2.24) is 10.3 Å². The van der Waals surface area contributed by atoms with Crippen molar-refractivity contribution >= 4 is 52.0 Å². The number of anilines is 2. The summed E-state index contributed by atoms with van der Waals surface area (Å²) >= 11 is 7.42. The second-order valence-corrected chi connectivity index (χ2v) is 12.1. The van der Waals surface area contributed by atoms with E-state index < -0.39 is 11.7 Å². The van der Waals surface area contributed by atoms with E-state index in [1.165, 1.54) is 17.4 Å². The van der Waals surface area contributed by atoms with Crippen LogP contribution in [0.15, 0.2) is 103 Å². The van der Waals surface area contributed by atoms with Gasteiger partial charge in [-0.05, 0) is 86.9 Å². The summed E-state index contributed by atoms with van der Waals surface area (Å²) in [4.78, 5) is 46.6. The second kappa shape index (κ2) is 13.8. The molecule has 0 saturated heterocycles. The first-order valence-corrected chi connectivity index (χ1v) is 15.4. The average molecular weight is 641 g/mol. The molecule has 2 N–H and O–H groups in total. The predicted octanol–water partition coefficient (Wildman–Crippen LogP) is 8.29. The van der Waals surface area contributed by atoms with Crippen molar-refractivity contribution < 1.29 is 18.8 Å². The maximum absolute atomic E-state index is 14.1. The van der Waals surface area contributed by atoms with Crippen LogP contribution >= 0.6 is 22.9 Å². The minimum atomic E-state index is -0.569. The first-order valence-electron chi connectivity index (χ1n) is 14.2. The van der Waals surface area contributed by atoms with E-state index in [0.29, 0.717) is 40.3 Å². The van der Waals surface area contributed by atoms with E-state index >= 15 is 0 Å². The lowest BCUT2D eigenvalue weighted by molar-refractivity contribution is 0.0969. The number of amides is 3. The van der Waals surface area contributed by atoms with Gasteiger partial charge in [-0.2, -0.15) is 0 Å². The number of aryl methyl sites for hydroxylation is 1. The Morgan fingerprint density at radius 3 is 2.51 bits per heavy atom. The summed E-state index contributed by atoms with van der Waals surface area (Å²) in [6.45, 7) is 6.04. The van der Waals surface area contributed by atoms with Crippen LogP contribution in [0.2, 0.25) is 5.15 Å². The highest BCUT2D eigenvalue weighted by Gasteiger charge is 2.27. The summed E-state index contributed by atoms with van der Waals surface area (Å²) in [6.07, 6.45) is 7.80. The molecule has 5 rings (SSSR count). The third-order valence-electron chi connectivity index (χ3n) is 6.97. The van der Waals surface area contributed by atoms with Gasteiger partial charge in [-0.15, -0.1) is 11.3 Å². The number of carbonyl (C=O) groups is 3. The maximum atomic E-state index is 14.1. The van der Waals surface area contributed by atoms with Crippen molar-refractivity contribution in [2.75, 3.05) is 16.8 Å². The summed E-state index contributed by atoms with van der Waals surface area (Å²) in [6, 6.07) is 17.5. The third-order valence-corrected chi connectivity index (χ3v) is 8.48. The van der Waals surface area contributed by atoms with Gasteiger partial charge in [0.15, 0.2) is 5.15 Å². The van der Waals surface area contributed by atoms with Crippen molar-refractivity contribution in [3.8, 4) is 10.4 Å². The van der Waals surface area contributed by atoms with Gasteiger partial charge in [0.1, 0.15) is 5.83 Å². The minimum Gasteiger partial charge on any atom is -0.325 e. The van der Waals surface area contributed by atoms with Gasteiger partial charge in [0.05, 0.1) is 16.3 Å². The molecule has 1 aliphatic heterocycles. The Morgan fingerprint density at radius 1 is 1.02 bits per heavy atom. The van der Waals surface area contributed by atoms with Gasteiger partial charge in [0.25, 0.3) is 17.7 Å². The van der Waals surface area contributed by atoms with Crippen molar-refractivity contribution in [3.63, 3.8) is 0 Å². The molecule has 0 bridgehead atoms. The van der Waals surface area contributed by atoms with Crippen LogP contribution in [0.1, 0.15) is 55.4 Å². The number of nitrogens with zero attached hydrogens (tertiary/aromatic N) is 2. The molecule has 0 spiro atoms. The molecule has 0 atom stereocenters. The van der Waals surface area contributed by atoms with E-state index in [4.69, 9.17) is 11.6 Å². The zero-order chi connectivity index (χ0) is 32.1. The fraction of sp³-hybridized carbons (Fsp3) is 0.143. The molecule has 2 aromatic heterocycles. The Morgan fingerprint density at radius 2 is 1.76 bits per heavy atom. The van der Waals surface area contributed by atoms with Gasteiger partial charge in [-0.25, -0.2) is 9.37 Å². The van der Waals surface area contributed by atoms with Crippen LogP contribution in [0.25, 0.3) is 10.4 Å². The van der Waals surface area contributed by atoms with Gasteiger partial charge in [-0.1, -0.05) is 47.5 Å². The number of allylic oxidation sites excluding steroid dienone is 5. The molecule has 0 unspecified atom stereocenters. The number of fused-ring (bicyclic) bond motifs is 3. The topological polar surface area (TPSA) is 91.4 Å². The fourth-order valence-corrected chi connectivity index (χ4v) is 6.06. The molecule has 1 aliphatic rings. The molecule has 45 heavy (non-hydrogen) atoms. The molecule has 0 saturated carbocycles. The average Bonchev–Trinajstić information content (AvgIpc) is 3.39. The number of nitrogens with one attached hydrogen (secondary N) is 2. The molecule has 3 amide bonds. The number of thiophene rings is 1. The van der Waals surface area contributed by atoms with Crippen molar-refractivity contribution in [2.24, 2.45) is 0 Å². The Balaban J connectivity index is 1.33. The molecule has 2 aromatic carbocycles. The van der Waals surface area contributed by atoms with Gasteiger partial charge in [0, 0.05) is 40.5 Å². The lowest BCUT2D eigenvalue weighted by atomic mass is 10.1. The van der Waals surface area contributed by atoms with Crippen LogP contribution in [0.3, 0.4) is 0 Å². The van der Waals surface area contributed by atoms with E-state index in [2.05, 4.69) is 15.6 Å². The normalized spacial score (nSPS) is 12.6. The summed E-state index contributed by atoms with van der Waals surface area (Å²) in [5.74, 6) is -1.56. The Bertz CT molecular complexity index is 1870. The molecule has 0 aliphatic carbocycles. The molecule has 228 valence electrons. The summed E-state index contributed by atoms with van der Waals surface area (Å²) in [5, 5.41) is 5.48. The van der Waals surface area contributed by atoms with E-state index in [-0.39, 0.29) is 17.0 Å². The second-order valence-electron chi connectivity index (χ2n) is 10.7. The standard InChI is InChI=1S/C35H30ClFN4O3S/c1-21(2)7-6-8-26(37)20-39-34(43)30-18-25-15-16-41(29-10-5-4-9-27(29)31(25)45-30)35(44)24-13-11-23(12-14-24)33(42)40-28-17-22(3)19-38-32(28)36/h4-14,17-20H,15-16H2,1-3H3,(H,39,43)(H,40,42)/b8-6-,26-20-. The van der Waals surface area contributed by atoms with Crippen molar-refractivity contribution in [1.29, 1.82) is 0 Å². The lowest BCUT2D eigenvalue weighted by Crippen LogP contribution is -2.32. The van der Waals surface area contributed by atoms with E-state index in [9.17, 15) is 18.8 Å². The van der Waals surface area contributed by atoms with E-state index in [1.807, 2.05) is 45.0 Å². The van der Waals surface area contributed by atoms with Gasteiger partial charge in [-0.3, -0.25) is 14.4 Å². The lowest BCUT2D eigenvalue weighted by Gasteiger charge is -2.23. The van der Waals surface area contributed by atoms with Gasteiger partial charge >= 0.3 is 0 Å². The Kier molecular flexibility index (Phi) is 9.71. The summed E-state index contributed by atoms with van der Waals surface area (Å²) < 4.78 is 14.1. The highest BCUT2D eigenvalue weighted by molar-refractivity contribution is 7.17. The molecule has 10 heteroatoms. The number of hydrogen-bond acceptors (Lipinski definition) is 5. The minimum absolute atomic E-state index is 0.190. The number of hydrogen-bond donors (Lipinski definition) is 2. The highest BCUT2D eigenvalue weighted by atomic mass is 35.5. The van der Waals surface area contributed by atoms with E-state index in [0.717, 1.165) is 33.3 Å². The zero-order valence-corrected chi connectivity index (χ0v) is 26.4. The Hall–Kier alpha value is -4.86. The molecule has 0 fully saturated rings. The highest BCUT2D eigenvalue weighted by Crippen LogP contribution is 2.41. The number of pyridine rings is 1. The zero-order valence-electron chi connectivity index (χ0n) is 24.9. The molecule has 4 aromatic rings. The number of para-hydroxylation sites is 1. The quantitative estimate of drug-likeness (QED) is 0.157. The van der Waals surface area contributed by atoms with Crippen LogP contribution in [0, 0.1) is 6.92 Å². The summed E-state index contributed by atoms with van der Waals surface area (Å²) in [5.41, 5.74) is 5.56. The van der Waals surface area contributed by atoms with Crippen LogP contribution < -0.4 is 15.5 Å². The third kappa shape index (κ3) is 7.45. The number of aromatic nitrogens is 1. The van der Waals surface area contributed by atoms with Crippen LogP contribution in [0.4, 0.5) is 15.8 Å². The largest absolute Gasteiger partial charge is 0.325 e. The SMILES string of the molecule is CC(C)=C/C=C\C(F)=C\NC(=O)c1cc2c(s1)-c1ccccc1N(C(=O)c1ccc(C(=O)Nc3cc(C)cnc3Cl)cc1)CC2. The number of halogens is 2. The van der Waals surface area contributed by atoms with Gasteiger partial charge in [0.2, 0.25) is 0 Å². The molecule has 3 heterocycles. The van der Waals surface area contributed by atoms with E-state index in [1.54, 1.807) is 59.6 Å². The van der Waals surface area contributed by atoms with Crippen molar-refractivity contribution in [3.05, 3.63) is 135 Å². The van der Waals surface area contributed by atoms with Crippen molar-refractivity contribution in [2.45, 2.75) is 27.2 Å². The van der Waals surface area contributed by atoms with Crippen LogP contribution in [0.5, 0.6) is 0 Å². The molecular weight excluding hydrogens is 611 g/mol. The predicted molar refractivity (Wildman–Crippen MR) is 179 cm³/mol. The molecular formula is C35H30ClFN4O3S. The van der Waals surface area contributed by atoms with Gasteiger partial charge < -0.3 is 15.5 Å². The smallest absolute Gasteiger partial charge is 0.265 e. The summed E-state index contributed by atoms with van der Waals surface area (Å²) in [7, 11) is 0. The maximum Gasteiger partial charge on any atom is 0.265 e. The van der Waals surface area contributed by atoms with Crippen LogP contribution in [-0.4, -0.2) is 29.3 Å². The molecule has 0 radical (unpaired) electrons. The van der Waals surface area contributed by atoms with Crippen LogP contribution in [-0.2, 0) is 6.42 Å². The first kappa shape index (κ1) is 31.6. The monoisotopic (exact) mass is 640 g/mol. The number of carbonyl (C=O) groups excluding carboxylic acids is 3. The number of rotatable bonds is 7. The Labute approximate surface area is 269 Å². The molecule has 7 nitrogen and oxygen atoms in total. The first-order chi connectivity index (χ1) is 21.6.